The van der Waals surface area contributed by atoms with E-state index in [2.05, 4.69) is 10.3 Å². The first-order valence-corrected chi connectivity index (χ1v) is 12.0. The molecule has 4 aromatic rings. The fourth-order valence-electron chi connectivity index (χ4n) is 4.24. The van der Waals surface area contributed by atoms with E-state index in [4.69, 9.17) is 11.6 Å². The molecule has 4 rings (SSSR count). The number of alkyl halides is 3. The first-order chi connectivity index (χ1) is 18.3. The topological polar surface area (TPSA) is 64.0 Å². The molecule has 1 N–H and O–H groups in total. The molecule has 0 aliphatic heterocycles. The lowest BCUT2D eigenvalue weighted by Gasteiger charge is -2.19. The predicted octanol–water partition coefficient (Wildman–Crippen LogP) is 7.49. The van der Waals surface area contributed by atoms with Gasteiger partial charge in [0.25, 0.3) is 5.91 Å². The fraction of sp³-hybridized carbons (Fsp3) is 0.179. The van der Waals surface area contributed by atoms with Crippen molar-refractivity contribution in [1.29, 1.82) is 0 Å². The summed E-state index contributed by atoms with van der Waals surface area (Å²) in [4.78, 5) is 29.9. The normalized spacial score (nSPS) is 12.3. The Morgan fingerprint density at radius 1 is 1.00 bits per heavy atom. The van der Waals surface area contributed by atoms with Crippen molar-refractivity contribution >= 4 is 29.1 Å². The third-order valence-corrected chi connectivity index (χ3v) is 6.32. The SMILES string of the molecule is CC(=O)Cn1c(-c2ccccc2)nc(NC(=O)c2cc(F)cc(C(F)(F)F)c2)c1[C@@H](C)c1cc(F)ccc1Cl. The highest BCUT2D eigenvalue weighted by molar-refractivity contribution is 6.31. The van der Waals surface area contributed by atoms with Crippen molar-refractivity contribution in [2.24, 2.45) is 0 Å². The summed E-state index contributed by atoms with van der Waals surface area (Å²) < 4.78 is 69.5. The molecule has 0 saturated heterocycles. The number of hydrogen-bond acceptors (Lipinski definition) is 3. The molecule has 0 bridgehead atoms. The number of halogens is 6. The molecule has 0 aliphatic carbocycles. The minimum atomic E-state index is -4.88. The van der Waals surface area contributed by atoms with Crippen LogP contribution in [-0.2, 0) is 17.5 Å². The molecule has 0 radical (unpaired) electrons. The quantitative estimate of drug-likeness (QED) is 0.238. The Balaban J connectivity index is 1.90. The summed E-state index contributed by atoms with van der Waals surface area (Å²) in [6.07, 6.45) is -4.88. The molecule has 1 heterocycles. The summed E-state index contributed by atoms with van der Waals surface area (Å²) in [6.45, 7) is 2.82. The van der Waals surface area contributed by atoms with Gasteiger partial charge in [0.05, 0.1) is 17.8 Å². The second-order valence-electron chi connectivity index (χ2n) is 8.89. The summed E-state index contributed by atoms with van der Waals surface area (Å²) >= 11 is 6.36. The molecular weight excluding hydrogens is 541 g/mol. The number of imidazole rings is 1. The van der Waals surface area contributed by atoms with E-state index in [9.17, 15) is 31.5 Å². The molecule has 0 unspecified atom stereocenters. The van der Waals surface area contributed by atoms with Crippen LogP contribution in [0.3, 0.4) is 0 Å². The number of ketones is 1. The zero-order valence-electron chi connectivity index (χ0n) is 20.6. The monoisotopic (exact) mass is 561 g/mol. The number of amides is 1. The number of benzene rings is 3. The van der Waals surface area contributed by atoms with Gasteiger partial charge in [-0.3, -0.25) is 9.59 Å². The average molecular weight is 562 g/mol. The maximum Gasteiger partial charge on any atom is 0.416 e. The molecule has 0 fully saturated rings. The molecule has 202 valence electrons. The van der Waals surface area contributed by atoms with E-state index < -0.39 is 40.8 Å². The van der Waals surface area contributed by atoms with Crippen molar-refractivity contribution in [1.82, 2.24) is 9.55 Å². The Morgan fingerprint density at radius 2 is 1.69 bits per heavy atom. The molecule has 0 saturated carbocycles. The predicted molar refractivity (Wildman–Crippen MR) is 137 cm³/mol. The summed E-state index contributed by atoms with van der Waals surface area (Å²) in [5, 5.41) is 2.67. The molecule has 0 aliphatic rings. The Labute approximate surface area is 225 Å². The van der Waals surface area contributed by atoms with E-state index in [1.807, 2.05) is 0 Å². The number of hydrogen-bond donors (Lipinski definition) is 1. The van der Waals surface area contributed by atoms with Crippen LogP contribution in [0, 0.1) is 11.6 Å². The highest BCUT2D eigenvalue weighted by atomic mass is 35.5. The highest BCUT2D eigenvalue weighted by Crippen LogP contribution is 2.38. The van der Waals surface area contributed by atoms with Crippen LogP contribution < -0.4 is 5.32 Å². The van der Waals surface area contributed by atoms with Crippen molar-refractivity contribution in [3.63, 3.8) is 0 Å². The highest BCUT2D eigenvalue weighted by Gasteiger charge is 2.33. The molecule has 0 spiro atoms. The number of nitrogens with zero attached hydrogens (tertiary/aromatic N) is 2. The van der Waals surface area contributed by atoms with Gasteiger partial charge in [-0.2, -0.15) is 13.2 Å². The molecule has 5 nitrogen and oxygen atoms in total. The van der Waals surface area contributed by atoms with E-state index in [0.717, 1.165) is 0 Å². The largest absolute Gasteiger partial charge is 0.416 e. The van der Waals surface area contributed by atoms with E-state index in [1.54, 1.807) is 37.3 Å². The average Bonchev–Trinajstić information content (AvgIpc) is 3.21. The lowest BCUT2D eigenvalue weighted by molar-refractivity contribution is -0.137. The van der Waals surface area contributed by atoms with E-state index in [0.29, 0.717) is 23.3 Å². The first-order valence-electron chi connectivity index (χ1n) is 11.6. The second kappa shape index (κ2) is 11.0. The van der Waals surface area contributed by atoms with Crippen LogP contribution in [0.5, 0.6) is 0 Å². The first kappa shape index (κ1) is 28.0. The zero-order valence-corrected chi connectivity index (χ0v) is 21.4. The number of anilines is 1. The molecule has 11 heteroatoms. The fourth-order valence-corrected chi connectivity index (χ4v) is 4.53. The lowest BCUT2D eigenvalue weighted by Crippen LogP contribution is -2.18. The molecule has 3 aromatic carbocycles. The van der Waals surface area contributed by atoms with Crippen molar-refractivity contribution in [3.8, 4) is 11.4 Å². The van der Waals surface area contributed by atoms with Crippen LogP contribution >= 0.6 is 11.6 Å². The van der Waals surface area contributed by atoms with Crippen LogP contribution in [0.25, 0.3) is 11.4 Å². The number of rotatable bonds is 7. The lowest BCUT2D eigenvalue weighted by atomic mass is 9.96. The van der Waals surface area contributed by atoms with Gasteiger partial charge < -0.3 is 9.88 Å². The summed E-state index contributed by atoms with van der Waals surface area (Å²) in [5.41, 5.74) is -0.783. The van der Waals surface area contributed by atoms with Gasteiger partial charge in [0, 0.05) is 22.1 Å². The zero-order chi connectivity index (χ0) is 28.5. The van der Waals surface area contributed by atoms with Gasteiger partial charge in [0.15, 0.2) is 5.82 Å². The van der Waals surface area contributed by atoms with Crippen LogP contribution in [-0.4, -0.2) is 21.2 Å². The molecule has 39 heavy (non-hydrogen) atoms. The Morgan fingerprint density at radius 3 is 2.33 bits per heavy atom. The summed E-state index contributed by atoms with van der Waals surface area (Å²) in [6, 6.07) is 13.9. The summed E-state index contributed by atoms with van der Waals surface area (Å²) in [7, 11) is 0. The number of Topliss-reactive ketones (excluding diaryl/α,β-unsaturated/α-hetero) is 1. The maximum absolute atomic E-state index is 14.2. The number of aromatic nitrogens is 2. The number of carbonyl (C=O) groups excluding carboxylic acids is 2. The van der Waals surface area contributed by atoms with Gasteiger partial charge in [-0.25, -0.2) is 13.8 Å². The van der Waals surface area contributed by atoms with Crippen LogP contribution in [0.15, 0.2) is 66.7 Å². The third-order valence-electron chi connectivity index (χ3n) is 5.97. The minimum absolute atomic E-state index is 0.106. The molecular formula is C28H21ClF5N3O2. The molecule has 1 amide bonds. The maximum atomic E-state index is 14.2. The van der Waals surface area contributed by atoms with Crippen molar-refractivity contribution in [2.45, 2.75) is 32.5 Å². The van der Waals surface area contributed by atoms with E-state index in [1.165, 1.54) is 29.7 Å². The number of carbonyl (C=O) groups is 2. The van der Waals surface area contributed by atoms with Gasteiger partial charge in [0.1, 0.15) is 23.2 Å². The smallest absolute Gasteiger partial charge is 0.318 e. The Bertz CT molecular complexity index is 1550. The minimum Gasteiger partial charge on any atom is -0.318 e. The van der Waals surface area contributed by atoms with Gasteiger partial charge in [-0.1, -0.05) is 48.9 Å². The Kier molecular flexibility index (Phi) is 7.87. The van der Waals surface area contributed by atoms with Crippen molar-refractivity contribution in [2.75, 3.05) is 5.32 Å². The van der Waals surface area contributed by atoms with Crippen LogP contribution in [0.4, 0.5) is 27.8 Å². The van der Waals surface area contributed by atoms with Gasteiger partial charge in [-0.05, 0) is 48.9 Å². The van der Waals surface area contributed by atoms with Gasteiger partial charge >= 0.3 is 6.18 Å². The van der Waals surface area contributed by atoms with Crippen LogP contribution in [0.1, 0.15) is 46.9 Å². The second-order valence-corrected chi connectivity index (χ2v) is 9.30. The van der Waals surface area contributed by atoms with Crippen molar-refractivity contribution < 1.29 is 31.5 Å². The molecule has 1 atom stereocenters. The van der Waals surface area contributed by atoms with Gasteiger partial charge in [0.2, 0.25) is 0 Å². The number of nitrogens with one attached hydrogen (secondary N) is 1. The standard InChI is InChI=1S/C28H21ClF5N3O2/c1-15(38)14-37-24(16(2)22-13-20(30)8-9-23(22)29)25(35-26(37)17-6-4-3-5-7-17)36-27(39)18-10-19(28(32,33)34)12-21(31)11-18/h3-13,16H,14H2,1-2H3,(H,36,39)/t16-/m0/s1. The third kappa shape index (κ3) is 6.17. The molecule has 1 aromatic heterocycles. The van der Waals surface area contributed by atoms with E-state index >= 15 is 0 Å². The van der Waals surface area contributed by atoms with Crippen LogP contribution in [0.2, 0.25) is 5.02 Å². The van der Waals surface area contributed by atoms with Crippen molar-refractivity contribution in [3.05, 3.63) is 106 Å². The van der Waals surface area contributed by atoms with E-state index in [-0.39, 0.29) is 40.8 Å². The summed E-state index contributed by atoms with van der Waals surface area (Å²) in [5.74, 6) is -3.73. The van der Waals surface area contributed by atoms with Gasteiger partial charge in [-0.15, -0.1) is 0 Å². The Hall–Kier alpha value is -4.05.